The van der Waals surface area contributed by atoms with Crippen LogP contribution in [-0.4, -0.2) is 34.4 Å². The number of carbonyl (C=O) groups is 1. The van der Waals surface area contributed by atoms with Crippen molar-refractivity contribution in [1.29, 1.82) is 0 Å². The summed E-state index contributed by atoms with van der Waals surface area (Å²) in [6.07, 6.45) is 5.63. The number of imidazole rings is 1. The second-order valence-electron chi connectivity index (χ2n) is 4.60. The molecule has 0 atom stereocenters. The molecule has 0 fully saturated rings. The maximum atomic E-state index is 12.2. The summed E-state index contributed by atoms with van der Waals surface area (Å²) in [4.78, 5) is 21.2. The SMILES string of the molecule is CCCCN(C)C(=O)c1ccc(-c2ncc[nH]2)cc1. The van der Waals surface area contributed by atoms with E-state index in [0.29, 0.717) is 5.56 Å². The highest BCUT2D eigenvalue weighted by atomic mass is 16.2. The minimum Gasteiger partial charge on any atom is -0.345 e. The van der Waals surface area contributed by atoms with E-state index in [1.165, 1.54) is 0 Å². The number of carbonyl (C=O) groups excluding carboxylic acids is 1. The van der Waals surface area contributed by atoms with Gasteiger partial charge in [0, 0.05) is 37.1 Å². The van der Waals surface area contributed by atoms with Crippen LogP contribution in [0.3, 0.4) is 0 Å². The van der Waals surface area contributed by atoms with Crippen molar-refractivity contribution >= 4 is 5.91 Å². The number of hydrogen-bond acceptors (Lipinski definition) is 2. The summed E-state index contributed by atoms with van der Waals surface area (Å²) in [5.74, 6) is 0.887. The smallest absolute Gasteiger partial charge is 0.253 e. The first-order valence-corrected chi connectivity index (χ1v) is 6.57. The second-order valence-corrected chi connectivity index (χ2v) is 4.60. The van der Waals surface area contributed by atoms with E-state index in [2.05, 4.69) is 16.9 Å². The highest BCUT2D eigenvalue weighted by Gasteiger charge is 2.11. The molecule has 1 aromatic heterocycles. The first-order chi connectivity index (χ1) is 9.22. The molecule has 1 amide bonds. The Labute approximate surface area is 113 Å². The number of unbranched alkanes of at least 4 members (excludes halogenated alkanes) is 1. The van der Waals surface area contributed by atoms with Gasteiger partial charge in [0.15, 0.2) is 0 Å². The van der Waals surface area contributed by atoms with Crippen LogP contribution >= 0.6 is 0 Å². The fraction of sp³-hybridized carbons (Fsp3) is 0.333. The van der Waals surface area contributed by atoms with E-state index < -0.39 is 0 Å². The molecule has 0 spiro atoms. The largest absolute Gasteiger partial charge is 0.345 e. The molecule has 0 saturated heterocycles. The van der Waals surface area contributed by atoms with Crippen LogP contribution in [0.5, 0.6) is 0 Å². The lowest BCUT2D eigenvalue weighted by molar-refractivity contribution is 0.0793. The number of aromatic amines is 1. The van der Waals surface area contributed by atoms with Gasteiger partial charge in [0.2, 0.25) is 0 Å². The van der Waals surface area contributed by atoms with Crippen molar-refractivity contribution in [3.63, 3.8) is 0 Å². The van der Waals surface area contributed by atoms with Gasteiger partial charge < -0.3 is 9.88 Å². The number of aromatic nitrogens is 2. The molecular weight excluding hydrogens is 238 g/mol. The maximum Gasteiger partial charge on any atom is 0.253 e. The van der Waals surface area contributed by atoms with Crippen molar-refractivity contribution in [3.8, 4) is 11.4 Å². The quantitative estimate of drug-likeness (QED) is 0.895. The molecule has 0 bridgehead atoms. The van der Waals surface area contributed by atoms with Crippen LogP contribution in [0.2, 0.25) is 0 Å². The lowest BCUT2D eigenvalue weighted by Crippen LogP contribution is -2.27. The van der Waals surface area contributed by atoms with E-state index >= 15 is 0 Å². The molecule has 0 radical (unpaired) electrons. The van der Waals surface area contributed by atoms with Gasteiger partial charge in [0.1, 0.15) is 5.82 Å². The molecule has 19 heavy (non-hydrogen) atoms. The summed E-state index contributed by atoms with van der Waals surface area (Å²) in [5, 5.41) is 0. The zero-order chi connectivity index (χ0) is 13.7. The Morgan fingerprint density at radius 2 is 2.05 bits per heavy atom. The van der Waals surface area contributed by atoms with E-state index in [0.717, 1.165) is 30.8 Å². The molecule has 4 heteroatoms. The Kier molecular flexibility index (Phi) is 4.34. The summed E-state index contributed by atoms with van der Waals surface area (Å²) in [7, 11) is 1.85. The van der Waals surface area contributed by atoms with Gasteiger partial charge in [0.05, 0.1) is 0 Å². The standard InChI is InChI=1S/C15H19N3O/c1-3-4-11-18(2)15(19)13-7-5-12(6-8-13)14-16-9-10-17-14/h5-10H,3-4,11H2,1-2H3,(H,16,17). The average molecular weight is 257 g/mol. The summed E-state index contributed by atoms with van der Waals surface area (Å²) in [6.45, 7) is 2.92. The minimum atomic E-state index is 0.0689. The molecule has 0 aliphatic rings. The molecular formula is C15H19N3O. The third-order valence-electron chi connectivity index (χ3n) is 3.10. The molecule has 0 saturated carbocycles. The number of benzene rings is 1. The first-order valence-electron chi connectivity index (χ1n) is 6.57. The van der Waals surface area contributed by atoms with Gasteiger partial charge in [-0.2, -0.15) is 0 Å². The molecule has 2 rings (SSSR count). The van der Waals surface area contributed by atoms with E-state index in [-0.39, 0.29) is 5.91 Å². The van der Waals surface area contributed by atoms with E-state index in [9.17, 15) is 4.79 Å². The lowest BCUT2D eigenvalue weighted by atomic mass is 10.1. The van der Waals surface area contributed by atoms with Gasteiger partial charge in [-0.1, -0.05) is 25.5 Å². The molecule has 4 nitrogen and oxygen atoms in total. The molecule has 2 aromatic rings. The molecule has 0 aliphatic carbocycles. The summed E-state index contributed by atoms with van der Waals surface area (Å²) >= 11 is 0. The Morgan fingerprint density at radius 3 is 2.63 bits per heavy atom. The lowest BCUT2D eigenvalue weighted by Gasteiger charge is -2.16. The van der Waals surface area contributed by atoms with Crippen molar-refractivity contribution < 1.29 is 4.79 Å². The van der Waals surface area contributed by atoms with Crippen molar-refractivity contribution in [1.82, 2.24) is 14.9 Å². The molecule has 100 valence electrons. The number of H-pyrrole nitrogens is 1. The van der Waals surface area contributed by atoms with Crippen LogP contribution in [0.4, 0.5) is 0 Å². The van der Waals surface area contributed by atoms with Gasteiger partial charge >= 0.3 is 0 Å². The van der Waals surface area contributed by atoms with Gasteiger partial charge in [-0.25, -0.2) is 4.98 Å². The van der Waals surface area contributed by atoms with Crippen LogP contribution in [0.15, 0.2) is 36.7 Å². The number of nitrogens with zero attached hydrogens (tertiary/aromatic N) is 2. The van der Waals surface area contributed by atoms with E-state index in [4.69, 9.17) is 0 Å². The fourth-order valence-electron chi connectivity index (χ4n) is 1.91. The Bertz CT molecular complexity index is 517. The van der Waals surface area contributed by atoms with Crippen molar-refractivity contribution in [3.05, 3.63) is 42.2 Å². The summed E-state index contributed by atoms with van der Waals surface area (Å²) in [6, 6.07) is 7.53. The molecule has 1 N–H and O–H groups in total. The van der Waals surface area contributed by atoms with Gasteiger partial charge in [-0.3, -0.25) is 4.79 Å². The van der Waals surface area contributed by atoms with Gasteiger partial charge in [0.25, 0.3) is 5.91 Å². The predicted molar refractivity (Wildman–Crippen MR) is 75.9 cm³/mol. The highest BCUT2D eigenvalue weighted by molar-refractivity contribution is 5.94. The zero-order valence-electron chi connectivity index (χ0n) is 11.4. The van der Waals surface area contributed by atoms with Crippen molar-refractivity contribution in [2.24, 2.45) is 0 Å². The minimum absolute atomic E-state index is 0.0689. The molecule has 1 aromatic carbocycles. The monoisotopic (exact) mass is 257 g/mol. The van der Waals surface area contributed by atoms with Crippen molar-refractivity contribution in [2.75, 3.05) is 13.6 Å². The zero-order valence-corrected chi connectivity index (χ0v) is 11.4. The molecule has 0 aliphatic heterocycles. The normalized spacial score (nSPS) is 10.4. The van der Waals surface area contributed by atoms with Crippen LogP contribution in [0, 0.1) is 0 Å². The number of nitrogens with one attached hydrogen (secondary N) is 1. The van der Waals surface area contributed by atoms with Crippen LogP contribution < -0.4 is 0 Å². The molecule has 1 heterocycles. The average Bonchev–Trinajstić information content (AvgIpc) is 2.98. The topological polar surface area (TPSA) is 49.0 Å². The highest BCUT2D eigenvalue weighted by Crippen LogP contribution is 2.15. The Balaban J connectivity index is 2.08. The maximum absolute atomic E-state index is 12.2. The van der Waals surface area contributed by atoms with Crippen LogP contribution in [-0.2, 0) is 0 Å². The molecule has 0 unspecified atom stereocenters. The van der Waals surface area contributed by atoms with Gasteiger partial charge in [-0.05, 0) is 18.6 Å². The van der Waals surface area contributed by atoms with Crippen molar-refractivity contribution in [2.45, 2.75) is 19.8 Å². The van der Waals surface area contributed by atoms with E-state index in [1.807, 2.05) is 31.3 Å². The third-order valence-corrected chi connectivity index (χ3v) is 3.10. The van der Waals surface area contributed by atoms with Gasteiger partial charge in [-0.15, -0.1) is 0 Å². The second kappa shape index (κ2) is 6.18. The van der Waals surface area contributed by atoms with Crippen LogP contribution in [0.25, 0.3) is 11.4 Å². The Morgan fingerprint density at radius 1 is 1.32 bits per heavy atom. The third kappa shape index (κ3) is 3.22. The number of hydrogen-bond donors (Lipinski definition) is 1. The summed E-state index contributed by atoms with van der Waals surface area (Å²) < 4.78 is 0. The first kappa shape index (κ1) is 13.3. The number of rotatable bonds is 5. The predicted octanol–water partition coefficient (Wildman–Crippen LogP) is 2.95. The number of amides is 1. The fourth-order valence-corrected chi connectivity index (χ4v) is 1.91. The Hall–Kier alpha value is -2.10. The summed E-state index contributed by atoms with van der Waals surface area (Å²) in [5.41, 5.74) is 1.70. The van der Waals surface area contributed by atoms with Crippen LogP contribution in [0.1, 0.15) is 30.1 Å². The van der Waals surface area contributed by atoms with E-state index in [1.54, 1.807) is 17.3 Å².